The van der Waals surface area contributed by atoms with Crippen molar-refractivity contribution in [1.82, 2.24) is 4.90 Å². The first-order valence-electron chi connectivity index (χ1n) is 6.73. The van der Waals surface area contributed by atoms with Crippen LogP contribution in [0.1, 0.15) is 38.4 Å². The molecule has 1 saturated heterocycles. The Kier molecular flexibility index (Phi) is 4.11. The molecule has 0 amide bonds. The molecular weight excluding hydrogens is 245 g/mol. The van der Waals surface area contributed by atoms with Crippen LogP contribution in [0.15, 0.2) is 18.2 Å². The second kappa shape index (κ2) is 5.47. The first-order chi connectivity index (χ1) is 8.96. The molecule has 1 heterocycles. The zero-order valence-corrected chi connectivity index (χ0v) is 11.8. The molecule has 1 aromatic rings. The Balaban J connectivity index is 2.25. The minimum atomic E-state index is -0.850. The summed E-state index contributed by atoms with van der Waals surface area (Å²) in [7, 11) is 1.50. The molecule has 19 heavy (non-hydrogen) atoms. The third-order valence-electron chi connectivity index (χ3n) is 4.09. The molecule has 4 heteroatoms. The van der Waals surface area contributed by atoms with Crippen LogP contribution >= 0.6 is 0 Å². The number of halogens is 1. The predicted octanol–water partition coefficient (Wildman–Crippen LogP) is 2.74. The molecule has 0 saturated carbocycles. The van der Waals surface area contributed by atoms with Gasteiger partial charge in [-0.1, -0.05) is 0 Å². The molecule has 3 nitrogen and oxygen atoms in total. The maximum atomic E-state index is 14.0. The zero-order valence-electron chi connectivity index (χ0n) is 11.8. The van der Waals surface area contributed by atoms with Gasteiger partial charge >= 0.3 is 0 Å². The van der Waals surface area contributed by atoms with Crippen LogP contribution < -0.4 is 4.74 Å². The van der Waals surface area contributed by atoms with Gasteiger partial charge in [-0.25, -0.2) is 4.39 Å². The molecule has 1 unspecified atom stereocenters. The summed E-state index contributed by atoms with van der Waals surface area (Å²) in [5.74, 6) is 0.0477. The first kappa shape index (κ1) is 14.3. The molecule has 0 radical (unpaired) electrons. The Morgan fingerprint density at radius 3 is 2.47 bits per heavy atom. The lowest BCUT2D eigenvalue weighted by Crippen LogP contribution is -2.47. The Bertz CT molecular complexity index is 442. The van der Waals surface area contributed by atoms with Crippen LogP contribution in [0.5, 0.6) is 5.75 Å². The Hall–Kier alpha value is -1.13. The fourth-order valence-electron chi connectivity index (χ4n) is 2.70. The molecule has 0 aliphatic carbocycles. The molecule has 106 valence electrons. The lowest BCUT2D eigenvalue weighted by Gasteiger charge is -2.39. The van der Waals surface area contributed by atoms with Gasteiger partial charge in [-0.3, -0.25) is 4.90 Å². The molecule has 1 N–H and O–H groups in total. The summed E-state index contributed by atoms with van der Waals surface area (Å²) in [5, 5.41) is 10.5. The van der Waals surface area contributed by atoms with Crippen LogP contribution in [0.25, 0.3) is 0 Å². The maximum Gasteiger partial charge on any atom is 0.132 e. The SMILES string of the molecule is COc1ccc(C(O)C(C)(C)N2CCCC2)c(F)c1. The molecule has 0 spiro atoms. The molecule has 0 bridgehead atoms. The first-order valence-corrected chi connectivity index (χ1v) is 6.73. The lowest BCUT2D eigenvalue weighted by atomic mass is 9.89. The summed E-state index contributed by atoms with van der Waals surface area (Å²) >= 11 is 0. The van der Waals surface area contributed by atoms with Crippen LogP contribution in [-0.4, -0.2) is 35.7 Å². The summed E-state index contributed by atoms with van der Waals surface area (Å²) in [6.45, 7) is 5.85. The number of nitrogens with zero attached hydrogens (tertiary/aromatic N) is 1. The van der Waals surface area contributed by atoms with Crippen molar-refractivity contribution < 1.29 is 14.2 Å². The van der Waals surface area contributed by atoms with Gasteiger partial charge in [0.1, 0.15) is 11.6 Å². The van der Waals surface area contributed by atoms with Gasteiger partial charge in [0.2, 0.25) is 0 Å². The summed E-state index contributed by atoms with van der Waals surface area (Å²) in [5.41, 5.74) is -0.135. The van der Waals surface area contributed by atoms with Crippen molar-refractivity contribution in [3.63, 3.8) is 0 Å². The van der Waals surface area contributed by atoms with Crippen molar-refractivity contribution in [3.8, 4) is 5.75 Å². The highest BCUT2D eigenvalue weighted by molar-refractivity contribution is 5.31. The van der Waals surface area contributed by atoms with E-state index in [-0.39, 0.29) is 0 Å². The van der Waals surface area contributed by atoms with Gasteiger partial charge in [-0.15, -0.1) is 0 Å². The molecule has 2 rings (SSSR count). The van der Waals surface area contributed by atoms with Gasteiger partial charge in [0.25, 0.3) is 0 Å². The van der Waals surface area contributed by atoms with Crippen molar-refractivity contribution in [2.24, 2.45) is 0 Å². The Morgan fingerprint density at radius 1 is 1.32 bits per heavy atom. The number of aliphatic hydroxyl groups excluding tert-OH is 1. The van der Waals surface area contributed by atoms with Crippen molar-refractivity contribution in [1.29, 1.82) is 0 Å². The Morgan fingerprint density at radius 2 is 1.95 bits per heavy atom. The zero-order chi connectivity index (χ0) is 14.0. The van der Waals surface area contributed by atoms with Crippen LogP contribution in [0.2, 0.25) is 0 Å². The molecule has 1 atom stereocenters. The van der Waals surface area contributed by atoms with Gasteiger partial charge in [0.05, 0.1) is 13.2 Å². The standard InChI is InChI=1S/C15H22FNO2/c1-15(2,17-8-4-5-9-17)14(18)12-7-6-11(19-3)10-13(12)16/h6-7,10,14,18H,4-5,8-9H2,1-3H3. The maximum absolute atomic E-state index is 14.0. The van der Waals surface area contributed by atoms with Gasteiger partial charge in [0, 0.05) is 17.2 Å². The van der Waals surface area contributed by atoms with Gasteiger partial charge in [0.15, 0.2) is 0 Å². The largest absolute Gasteiger partial charge is 0.497 e. The number of hydrogen-bond acceptors (Lipinski definition) is 3. The molecule has 0 aromatic heterocycles. The number of aliphatic hydroxyl groups is 1. The molecule has 1 aromatic carbocycles. The quantitative estimate of drug-likeness (QED) is 0.910. The summed E-state index contributed by atoms with van der Waals surface area (Å²) in [6.07, 6.45) is 1.43. The van der Waals surface area contributed by atoms with E-state index in [1.807, 2.05) is 13.8 Å². The average Bonchev–Trinajstić information content (AvgIpc) is 2.92. The van der Waals surface area contributed by atoms with Crippen LogP contribution in [0.4, 0.5) is 4.39 Å². The smallest absolute Gasteiger partial charge is 0.132 e. The van der Waals surface area contributed by atoms with E-state index in [0.717, 1.165) is 25.9 Å². The van der Waals surface area contributed by atoms with E-state index in [2.05, 4.69) is 4.90 Å². The van der Waals surface area contributed by atoms with E-state index >= 15 is 0 Å². The van der Waals surface area contributed by atoms with Crippen LogP contribution in [0.3, 0.4) is 0 Å². The van der Waals surface area contributed by atoms with Gasteiger partial charge in [-0.05, 0) is 51.9 Å². The van der Waals surface area contributed by atoms with E-state index in [4.69, 9.17) is 4.74 Å². The topological polar surface area (TPSA) is 32.7 Å². The van der Waals surface area contributed by atoms with E-state index in [1.54, 1.807) is 12.1 Å². The number of rotatable bonds is 4. The third kappa shape index (κ3) is 2.74. The van der Waals surface area contributed by atoms with E-state index < -0.39 is 17.5 Å². The summed E-state index contributed by atoms with van der Waals surface area (Å²) < 4.78 is 19.0. The lowest BCUT2D eigenvalue weighted by molar-refractivity contribution is -0.000692. The molecule has 1 fully saturated rings. The minimum absolute atomic E-state index is 0.331. The van der Waals surface area contributed by atoms with Gasteiger partial charge < -0.3 is 9.84 Å². The second-order valence-corrected chi connectivity index (χ2v) is 5.64. The average molecular weight is 267 g/mol. The normalized spacial score (nSPS) is 18.6. The van der Waals surface area contributed by atoms with Crippen molar-refractivity contribution in [2.75, 3.05) is 20.2 Å². The number of likely N-dealkylation sites (tertiary alicyclic amines) is 1. The van der Waals surface area contributed by atoms with Crippen LogP contribution in [-0.2, 0) is 0 Å². The number of methoxy groups -OCH3 is 1. The van der Waals surface area contributed by atoms with E-state index in [1.165, 1.54) is 13.2 Å². The van der Waals surface area contributed by atoms with Gasteiger partial charge in [-0.2, -0.15) is 0 Å². The molecule has 1 aliphatic rings. The third-order valence-corrected chi connectivity index (χ3v) is 4.09. The van der Waals surface area contributed by atoms with Crippen molar-refractivity contribution in [3.05, 3.63) is 29.6 Å². The van der Waals surface area contributed by atoms with Crippen LogP contribution in [0, 0.1) is 5.82 Å². The highest BCUT2D eigenvalue weighted by Gasteiger charge is 2.37. The highest BCUT2D eigenvalue weighted by atomic mass is 19.1. The predicted molar refractivity (Wildman–Crippen MR) is 72.8 cm³/mol. The fourth-order valence-corrected chi connectivity index (χ4v) is 2.70. The summed E-state index contributed by atoms with van der Waals surface area (Å²) in [4.78, 5) is 2.22. The number of hydrogen-bond donors (Lipinski definition) is 1. The number of benzene rings is 1. The number of ether oxygens (including phenoxy) is 1. The minimum Gasteiger partial charge on any atom is -0.497 e. The summed E-state index contributed by atoms with van der Waals surface area (Å²) in [6, 6.07) is 4.61. The van der Waals surface area contributed by atoms with Crippen molar-refractivity contribution in [2.45, 2.75) is 38.3 Å². The van der Waals surface area contributed by atoms with E-state index in [9.17, 15) is 9.50 Å². The Labute approximate surface area is 114 Å². The molecule has 1 aliphatic heterocycles. The van der Waals surface area contributed by atoms with E-state index in [0.29, 0.717) is 11.3 Å². The fraction of sp³-hybridized carbons (Fsp3) is 0.600. The van der Waals surface area contributed by atoms with Crippen molar-refractivity contribution >= 4 is 0 Å². The highest BCUT2D eigenvalue weighted by Crippen LogP contribution is 2.35. The second-order valence-electron chi connectivity index (χ2n) is 5.64. The molecular formula is C15H22FNO2. The monoisotopic (exact) mass is 267 g/mol.